The Bertz CT molecular complexity index is 359. The molecule has 100 valence electrons. The molecule has 0 saturated heterocycles. The summed E-state index contributed by atoms with van der Waals surface area (Å²) in [6.07, 6.45) is 6.25. The molecule has 0 spiro atoms. The van der Waals surface area contributed by atoms with Gasteiger partial charge in [-0.3, -0.25) is 0 Å². The van der Waals surface area contributed by atoms with Gasteiger partial charge >= 0.3 is 0 Å². The van der Waals surface area contributed by atoms with Gasteiger partial charge in [-0.25, -0.2) is 4.39 Å². The first-order chi connectivity index (χ1) is 8.70. The molecular weight excluding hydrogens is 245 g/mol. The Balaban J connectivity index is 2.10. The van der Waals surface area contributed by atoms with Crippen LogP contribution in [-0.4, -0.2) is 11.3 Å². The van der Waals surface area contributed by atoms with Crippen molar-refractivity contribution in [1.29, 1.82) is 0 Å². The van der Waals surface area contributed by atoms with Crippen molar-refractivity contribution in [3.8, 4) is 0 Å². The van der Waals surface area contributed by atoms with E-state index in [1.165, 1.54) is 31.2 Å². The Morgan fingerprint density at radius 1 is 1.28 bits per heavy atom. The van der Waals surface area contributed by atoms with Crippen molar-refractivity contribution in [2.45, 2.75) is 55.6 Å². The average Bonchev–Trinajstić information content (AvgIpc) is 2.89. The van der Waals surface area contributed by atoms with E-state index < -0.39 is 0 Å². The van der Waals surface area contributed by atoms with Gasteiger partial charge in [-0.15, -0.1) is 11.8 Å². The molecular formula is C15H22FNS. The van der Waals surface area contributed by atoms with Gasteiger partial charge in [0.1, 0.15) is 5.82 Å². The monoisotopic (exact) mass is 267 g/mol. The van der Waals surface area contributed by atoms with Gasteiger partial charge in [0.25, 0.3) is 0 Å². The van der Waals surface area contributed by atoms with Gasteiger partial charge in [-0.1, -0.05) is 31.9 Å². The summed E-state index contributed by atoms with van der Waals surface area (Å²) >= 11 is 2.00. The highest BCUT2D eigenvalue weighted by Gasteiger charge is 2.25. The Morgan fingerprint density at radius 3 is 2.44 bits per heavy atom. The highest BCUT2D eigenvalue weighted by Crippen LogP contribution is 2.41. The molecule has 1 aliphatic carbocycles. The lowest BCUT2D eigenvalue weighted by Crippen LogP contribution is -2.27. The lowest BCUT2D eigenvalue weighted by molar-refractivity contribution is 0.616. The van der Waals surface area contributed by atoms with Crippen molar-refractivity contribution < 1.29 is 4.39 Å². The standard InChI is InChI=1S/C15H22FNS/c1-2-14(17)15(18-13-5-3-4-6-13)11-7-9-12(16)10-8-11/h7-10,13-15H,2-6,17H2,1H3. The van der Waals surface area contributed by atoms with Gasteiger partial charge in [0.2, 0.25) is 0 Å². The first kappa shape index (κ1) is 13.9. The largest absolute Gasteiger partial charge is 0.326 e. The molecule has 18 heavy (non-hydrogen) atoms. The zero-order valence-electron chi connectivity index (χ0n) is 10.9. The number of benzene rings is 1. The van der Waals surface area contributed by atoms with Gasteiger partial charge in [-0.2, -0.15) is 0 Å². The maximum absolute atomic E-state index is 13.0. The fraction of sp³-hybridized carbons (Fsp3) is 0.600. The van der Waals surface area contributed by atoms with Gasteiger partial charge in [0, 0.05) is 16.5 Å². The van der Waals surface area contributed by atoms with Crippen LogP contribution in [0.1, 0.15) is 49.8 Å². The average molecular weight is 267 g/mol. The predicted molar refractivity (Wildman–Crippen MR) is 77.3 cm³/mol. The molecule has 0 aromatic heterocycles. The molecule has 1 aliphatic rings. The zero-order valence-corrected chi connectivity index (χ0v) is 11.8. The van der Waals surface area contributed by atoms with Gasteiger partial charge < -0.3 is 5.73 Å². The van der Waals surface area contributed by atoms with E-state index >= 15 is 0 Å². The van der Waals surface area contributed by atoms with Crippen LogP contribution in [0.25, 0.3) is 0 Å². The molecule has 1 nitrogen and oxygen atoms in total. The van der Waals surface area contributed by atoms with E-state index in [1.807, 2.05) is 23.9 Å². The van der Waals surface area contributed by atoms with Crippen LogP contribution in [0.3, 0.4) is 0 Å². The maximum Gasteiger partial charge on any atom is 0.123 e. The van der Waals surface area contributed by atoms with Gasteiger partial charge in [0.15, 0.2) is 0 Å². The van der Waals surface area contributed by atoms with E-state index in [9.17, 15) is 4.39 Å². The summed E-state index contributed by atoms with van der Waals surface area (Å²) in [4.78, 5) is 0. The molecule has 0 radical (unpaired) electrons. The Labute approximate surface area is 113 Å². The molecule has 2 unspecified atom stereocenters. The van der Waals surface area contributed by atoms with E-state index in [4.69, 9.17) is 5.73 Å². The highest BCUT2D eigenvalue weighted by molar-refractivity contribution is 8.00. The van der Waals surface area contributed by atoms with E-state index in [0.29, 0.717) is 5.25 Å². The van der Waals surface area contributed by atoms with Crippen LogP contribution in [0.4, 0.5) is 4.39 Å². The quantitative estimate of drug-likeness (QED) is 0.861. The molecule has 0 amide bonds. The van der Waals surface area contributed by atoms with Crippen molar-refractivity contribution in [2.75, 3.05) is 0 Å². The van der Waals surface area contributed by atoms with E-state index in [-0.39, 0.29) is 11.9 Å². The van der Waals surface area contributed by atoms with Crippen molar-refractivity contribution in [3.63, 3.8) is 0 Å². The molecule has 1 aromatic rings. The number of hydrogen-bond acceptors (Lipinski definition) is 2. The molecule has 1 saturated carbocycles. The minimum atomic E-state index is -0.173. The van der Waals surface area contributed by atoms with E-state index in [1.54, 1.807) is 12.1 Å². The fourth-order valence-corrected chi connectivity index (χ4v) is 4.25. The van der Waals surface area contributed by atoms with Gasteiger partial charge in [0.05, 0.1) is 0 Å². The minimum Gasteiger partial charge on any atom is -0.326 e. The predicted octanol–water partition coefficient (Wildman–Crippen LogP) is 4.28. The van der Waals surface area contributed by atoms with Crippen LogP contribution in [0.15, 0.2) is 24.3 Å². The number of thioether (sulfide) groups is 1. The molecule has 0 aliphatic heterocycles. The first-order valence-electron chi connectivity index (χ1n) is 6.87. The molecule has 1 aromatic carbocycles. The lowest BCUT2D eigenvalue weighted by Gasteiger charge is -2.26. The van der Waals surface area contributed by atoms with Crippen molar-refractivity contribution in [2.24, 2.45) is 5.73 Å². The lowest BCUT2D eigenvalue weighted by atomic mass is 10.0. The second kappa shape index (κ2) is 6.58. The third-order valence-corrected chi connectivity index (χ3v) is 5.47. The second-order valence-electron chi connectivity index (χ2n) is 5.09. The maximum atomic E-state index is 13.0. The molecule has 2 rings (SSSR count). The summed E-state index contributed by atoms with van der Waals surface area (Å²) in [7, 11) is 0. The Kier molecular flexibility index (Phi) is 5.07. The summed E-state index contributed by atoms with van der Waals surface area (Å²) in [6.45, 7) is 2.12. The summed E-state index contributed by atoms with van der Waals surface area (Å²) in [5, 5.41) is 1.04. The van der Waals surface area contributed by atoms with Crippen LogP contribution in [-0.2, 0) is 0 Å². The summed E-state index contributed by atoms with van der Waals surface area (Å²) in [5.41, 5.74) is 7.42. The topological polar surface area (TPSA) is 26.0 Å². The number of halogens is 1. The number of rotatable bonds is 5. The van der Waals surface area contributed by atoms with E-state index in [0.717, 1.165) is 11.7 Å². The summed E-state index contributed by atoms with van der Waals surface area (Å²) in [6, 6.07) is 7.01. The number of hydrogen-bond donors (Lipinski definition) is 1. The Hall–Kier alpha value is -0.540. The van der Waals surface area contributed by atoms with Crippen molar-refractivity contribution >= 4 is 11.8 Å². The third kappa shape index (κ3) is 3.48. The zero-order chi connectivity index (χ0) is 13.0. The molecule has 1 fully saturated rings. The second-order valence-corrected chi connectivity index (χ2v) is 6.53. The highest BCUT2D eigenvalue weighted by atomic mass is 32.2. The minimum absolute atomic E-state index is 0.154. The number of nitrogens with two attached hydrogens (primary N) is 1. The Morgan fingerprint density at radius 2 is 1.89 bits per heavy atom. The van der Waals surface area contributed by atoms with Crippen LogP contribution in [0.2, 0.25) is 0 Å². The molecule has 0 heterocycles. The van der Waals surface area contributed by atoms with Crippen molar-refractivity contribution in [1.82, 2.24) is 0 Å². The summed E-state index contributed by atoms with van der Waals surface area (Å²) in [5.74, 6) is -0.173. The van der Waals surface area contributed by atoms with Crippen molar-refractivity contribution in [3.05, 3.63) is 35.6 Å². The third-order valence-electron chi connectivity index (χ3n) is 3.70. The van der Waals surface area contributed by atoms with Crippen LogP contribution < -0.4 is 5.73 Å². The van der Waals surface area contributed by atoms with E-state index in [2.05, 4.69) is 6.92 Å². The first-order valence-corrected chi connectivity index (χ1v) is 7.81. The molecule has 2 N–H and O–H groups in total. The fourth-order valence-electron chi connectivity index (χ4n) is 2.52. The molecule has 3 heteroatoms. The molecule has 0 bridgehead atoms. The molecule has 2 atom stereocenters. The van der Waals surface area contributed by atoms with Gasteiger partial charge in [-0.05, 0) is 37.0 Å². The normalized spacial score (nSPS) is 19.9. The van der Waals surface area contributed by atoms with Crippen LogP contribution in [0.5, 0.6) is 0 Å². The van der Waals surface area contributed by atoms with Crippen LogP contribution in [0, 0.1) is 5.82 Å². The van der Waals surface area contributed by atoms with Crippen LogP contribution >= 0.6 is 11.8 Å². The summed E-state index contributed by atoms with van der Waals surface area (Å²) < 4.78 is 13.0. The SMILES string of the molecule is CCC(N)C(SC1CCCC1)c1ccc(F)cc1. The smallest absolute Gasteiger partial charge is 0.123 e.